The molecule has 3 heterocycles. The van der Waals surface area contributed by atoms with Crippen molar-refractivity contribution in [2.45, 2.75) is 12.8 Å². The molecule has 0 atom stereocenters. The van der Waals surface area contributed by atoms with Crippen LogP contribution < -0.4 is 10.6 Å². The maximum atomic E-state index is 12.3. The number of hydrogen-bond donors (Lipinski definition) is 2. The van der Waals surface area contributed by atoms with Crippen LogP contribution in [0.25, 0.3) is 0 Å². The maximum absolute atomic E-state index is 12.3. The van der Waals surface area contributed by atoms with E-state index in [2.05, 4.69) is 31.5 Å². The molecule has 6 nitrogen and oxygen atoms in total. The lowest BCUT2D eigenvalue weighted by Gasteiger charge is -2.36. The number of nitrogens with one attached hydrogen (secondary N) is 2. The van der Waals surface area contributed by atoms with Gasteiger partial charge in [0, 0.05) is 42.8 Å². The lowest BCUT2D eigenvalue weighted by Crippen LogP contribution is -2.53. The minimum Gasteiger partial charge on any atom is -0.342 e. The Kier molecular flexibility index (Phi) is 4.73. The number of carbonyl (C=O) groups is 2. The van der Waals surface area contributed by atoms with E-state index in [4.69, 9.17) is 0 Å². The predicted octanol–water partition coefficient (Wildman–Crippen LogP) is 1.24. The average molecular weight is 367 g/mol. The zero-order valence-corrected chi connectivity index (χ0v) is 13.8. The van der Waals surface area contributed by atoms with Crippen molar-refractivity contribution in [2.24, 2.45) is 11.8 Å². The lowest BCUT2D eigenvalue weighted by molar-refractivity contribution is -0.139. The highest BCUT2D eigenvalue weighted by Gasteiger charge is 2.33. The fraction of sp³-hybridized carbons (Fsp3) is 0.533. The van der Waals surface area contributed by atoms with Gasteiger partial charge in [0.25, 0.3) is 0 Å². The summed E-state index contributed by atoms with van der Waals surface area (Å²) >= 11 is 3.31. The lowest BCUT2D eigenvalue weighted by atomic mass is 9.93. The number of hydrogen-bond acceptors (Lipinski definition) is 4. The van der Waals surface area contributed by atoms with E-state index in [1.165, 1.54) is 0 Å². The first-order valence-electron chi connectivity index (χ1n) is 7.55. The van der Waals surface area contributed by atoms with E-state index in [-0.39, 0.29) is 23.7 Å². The molecule has 3 rings (SSSR count). The number of amides is 2. The monoisotopic (exact) mass is 366 g/mol. The van der Waals surface area contributed by atoms with Crippen LogP contribution in [0.2, 0.25) is 0 Å². The van der Waals surface area contributed by atoms with Gasteiger partial charge in [0.05, 0.1) is 5.92 Å². The number of carbonyl (C=O) groups excluding carboxylic acids is 2. The highest BCUT2D eigenvalue weighted by Crippen LogP contribution is 2.21. The minimum atomic E-state index is -0.0472. The molecule has 0 saturated carbocycles. The molecule has 0 unspecified atom stereocenters. The fourth-order valence-electron chi connectivity index (χ4n) is 2.76. The number of anilines is 1. The van der Waals surface area contributed by atoms with Gasteiger partial charge in [-0.15, -0.1) is 0 Å². The molecule has 2 N–H and O–H groups in total. The molecular weight excluding hydrogens is 348 g/mol. The van der Waals surface area contributed by atoms with Crippen LogP contribution in [0.3, 0.4) is 0 Å². The number of rotatable bonds is 3. The van der Waals surface area contributed by atoms with Crippen molar-refractivity contribution < 1.29 is 9.59 Å². The molecule has 2 aliphatic heterocycles. The molecule has 22 heavy (non-hydrogen) atoms. The third-order valence-corrected chi connectivity index (χ3v) is 4.76. The van der Waals surface area contributed by atoms with Crippen molar-refractivity contribution in [1.82, 2.24) is 15.2 Å². The summed E-state index contributed by atoms with van der Waals surface area (Å²) in [6.45, 7) is 2.91. The van der Waals surface area contributed by atoms with Crippen LogP contribution in [0.1, 0.15) is 12.8 Å². The second kappa shape index (κ2) is 6.75. The van der Waals surface area contributed by atoms with Crippen molar-refractivity contribution in [2.75, 3.05) is 31.5 Å². The first-order valence-corrected chi connectivity index (χ1v) is 8.34. The molecule has 0 aliphatic carbocycles. The second-order valence-electron chi connectivity index (χ2n) is 5.81. The summed E-state index contributed by atoms with van der Waals surface area (Å²) < 4.78 is 0.878. The van der Waals surface area contributed by atoms with Gasteiger partial charge in [-0.2, -0.15) is 0 Å². The second-order valence-corrected chi connectivity index (χ2v) is 6.72. The fourth-order valence-corrected chi connectivity index (χ4v) is 3.00. The van der Waals surface area contributed by atoms with Gasteiger partial charge in [0.1, 0.15) is 5.82 Å². The number of nitrogens with zero attached hydrogens (tertiary/aromatic N) is 2. The summed E-state index contributed by atoms with van der Waals surface area (Å²) in [5.41, 5.74) is 0. The highest BCUT2D eigenvalue weighted by molar-refractivity contribution is 9.10. The standard InChI is InChI=1S/C15H19BrN4O2/c16-12-1-2-13(18-9-12)19-14(21)10-3-5-20(6-4-10)15(22)11-7-17-8-11/h1-2,9-11,17H,3-8H2,(H,18,19,21). The summed E-state index contributed by atoms with van der Waals surface area (Å²) in [6.07, 6.45) is 3.09. The Labute approximate surface area is 137 Å². The Morgan fingerprint density at radius 1 is 1.23 bits per heavy atom. The average Bonchev–Trinajstić information content (AvgIpc) is 2.48. The van der Waals surface area contributed by atoms with E-state index in [0.717, 1.165) is 17.6 Å². The van der Waals surface area contributed by atoms with Crippen molar-refractivity contribution in [3.63, 3.8) is 0 Å². The summed E-state index contributed by atoms with van der Waals surface area (Å²) in [5.74, 6) is 0.873. The number of pyridine rings is 1. The topological polar surface area (TPSA) is 74.3 Å². The molecule has 2 amide bonds. The van der Waals surface area contributed by atoms with Crippen molar-refractivity contribution in [3.8, 4) is 0 Å². The van der Waals surface area contributed by atoms with Gasteiger partial charge in [-0.3, -0.25) is 9.59 Å². The summed E-state index contributed by atoms with van der Waals surface area (Å²) in [4.78, 5) is 30.4. The van der Waals surface area contributed by atoms with Gasteiger partial charge in [0.15, 0.2) is 0 Å². The normalized spacial score (nSPS) is 19.6. The molecule has 118 valence electrons. The van der Waals surface area contributed by atoms with E-state index >= 15 is 0 Å². The molecule has 2 fully saturated rings. The summed E-state index contributed by atoms with van der Waals surface area (Å²) in [5, 5.41) is 5.96. The Balaban J connectivity index is 1.49. The van der Waals surface area contributed by atoms with Crippen molar-refractivity contribution in [3.05, 3.63) is 22.8 Å². The van der Waals surface area contributed by atoms with Crippen molar-refractivity contribution in [1.29, 1.82) is 0 Å². The highest BCUT2D eigenvalue weighted by atomic mass is 79.9. The molecule has 1 aromatic rings. The number of piperidine rings is 1. The van der Waals surface area contributed by atoms with Crippen LogP contribution in [-0.4, -0.2) is 47.9 Å². The van der Waals surface area contributed by atoms with Crippen LogP contribution in [-0.2, 0) is 9.59 Å². The van der Waals surface area contributed by atoms with E-state index in [9.17, 15) is 9.59 Å². The van der Waals surface area contributed by atoms with E-state index in [1.807, 2.05) is 11.0 Å². The van der Waals surface area contributed by atoms with E-state index in [1.54, 1.807) is 12.3 Å². The van der Waals surface area contributed by atoms with Crippen LogP contribution in [0, 0.1) is 11.8 Å². The first-order chi connectivity index (χ1) is 10.6. The molecule has 0 spiro atoms. The summed E-state index contributed by atoms with van der Waals surface area (Å²) in [6, 6.07) is 3.61. The van der Waals surface area contributed by atoms with Gasteiger partial charge in [-0.25, -0.2) is 4.98 Å². The smallest absolute Gasteiger partial charge is 0.228 e. The van der Waals surface area contributed by atoms with Gasteiger partial charge < -0.3 is 15.5 Å². The molecule has 0 aromatic carbocycles. The Morgan fingerprint density at radius 2 is 1.95 bits per heavy atom. The summed E-state index contributed by atoms with van der Waals surface area (Å²) in [7, 11) is 0. The molecule has 2 saturated heterocycles. The molecule has 7 heteroatoms. The van der Waals surface area contributed by atoms with E-state index < -0.39 is 0 Å². The Morgan fingerprint density at radius 3 is 2.50 bits per heavy atom. The van der Waals surface area contributed by atoms with Crippen LogP contribution in [0.4, 0.5) is 5.82 Å². The largest absolute Gasteiger partial charge is 0.342 e. The van der Waals surface area contributed by atoms with Gasteiger partial charge >= 0.3 is 0 Å². The molecule has 1 aromatic heterocycles. The molecule has 0 radical (unpaired) electrons. The van der Waals surface area contributed by atoms with Gasteiger partial charge in [-0.1, -0.05) is 0 Å². The zero-order valence-electron chi connectivity index (χ0n) is 12.2. The quantitative estimate of drug-likeness (QED) is 0.843. The SMILES string of the molecule is O=C(Nc1ccc(Br)cn1)C1CCN(C(=O)C2CNC2)CC1. The van der Waals surface area contributed by atoms with Gasteiger partial charge in [-0.05, 0) is 40.9 Å². The van der Waals surface area contributed by atoms with Crippen LogP contribution >= 0.6 is 15.9 Å². The number of likely N-dealkylation sites (tertiary alicyclic amines) is 1. The van der Waals surface area contributed by atoms with Crippen LogP contribution in [0.5, 0.6) is 0 Å². The number of halogens is 1. The number of aromatic nitrogens is 1. The molecular formula is C15H19BrN4O2. The predicted molar refractivity (Wildman–Crippen MR) is 86.2 cm³/mol. The van der Waals surface area contributed by atoms with E-state index in [0.29, 0.717) is 31.7 Å². The zero-order chi connectivity index (χ0) is 15.5. The Hall–Kier alpha value is -1.47. The third-order valence-electron chi connectivity index (χ3n) is 4.29. The first kappa shape index (κ1) is 15.4. The third kappa shape index (κ3) is 3.47. The minimum absolute atomic E-state index is 0.00719. The van der Waals surface area contributed by atoms with Crippen LogP contribution in [0.15, 0.2) is 22.8 Å². The molecule has 2 aliphatic rings. The van der Waals surface area contributed by atoms with Gasteiger partial charge in [0.2, 0.25) is 11.8 Å². The molecule has 0 bridgehead atoms. The Bertz CT molecular complexity index is 551. The maximum Gasteiger partial charge on any atom is 0.228 e. The van der Waals surface area contributed by atoms with Crippen molar-refractivity contribution >= 4 is 33.6 Å².